The number of allylic oxidation sites excluding steroid dienone is 2. The monoisotopic (exact) mass is 396 g/mol. The van der Waals surface area contributed by atoms with Crippen molar-refractivity contribution in [3.63, 3.8) is 0 Å². The highest BCUT2D eigenvalue weighted by Gasteiger charge is 2.44. The van der Waals surface area contributed by atoms with Crippen LogP contribution in [0.3, 0.4) is 0 Å². The summed E-state index contributed by atoms with van der Waals surface area (Å²) in [5, 5.41) is 0. The number of ether oxygens (including phenoxy) is 6. The van der Waals surface area contributed by atoms with Crippen molar-refractivity contribution < 1.29 is 28.4 Å². The second kappa shape index (κ2) is 6.79. The standard InChI is InChI=1S/C23H24O6/c1-12(2)5-6-13-7-15-21-16(10-26-22(15)23(25-4)20(13)24-3)14-8-18-19(28-11-27-18)9-17(14)29-21/h5,7-9,16,21H,6,10-11H2,1-4H3/t16-,21-/m0/s1. The summed E-state index contributed by atoms with van der Waals surface area (Å²) in [5.74, 6) is 4.41. The lowest BCUT2D eigenvalue weighted by molar-refractivity contribution is 0.134. The first kappa shape index (κ1) is 18.0. The Kier molecular flexibility index (Phi) is 4.23. The topological polar surface area (TPSA) is 55.4 Å². The molecule has 0 N–H and O–H groups in total. The lowest BCUT2D eigenvalue weighted by atomic mass is 9.87. The Labute approximate surface area is 169 Å². The molecule has 0 spiro atoms. The predicted octanol–water partition coefficient (Wildman–Crippen LogP) is 4.55. The van der Waals surface area contributed by atoms with Crippen molar-refractivity contribution in [1.82, 2.24) is 0 Å². The van der Waals surface area contributed by atoms with E-state index in [4.69, 9.17) is 28.4 Å². The Balaban J connectivity index is 1.60. The summed E-state index contributed by atoms with van der Waals surface area (Å²) in [6, 6.07) is 6.06. The largest absolute Gasteiger partial charge is 0.492 e. The maximum absolute atomic E-state index is 6.39. The summed E-state index contributed by atoms with van der Waals surface area (Å²) in [6.07, 6.45) is 2.77. The van der Waals surface area contributed by atoms with Crippen LogP contribution in [0, 0.1) is 0 Å². The first-order valence-electron chi connectivity index (χ1n) is 9.74. The van der Waals surface area contributed by atoms with Gasteiger partial charge in [-0.2, -0.15) is 0 Å². The van der Waals surface area contributed by atoms with Gasteiger partial charge in [0.2, 0.25) is 12.5 Å². The Bertz CT molecular complexity index is 1010. The lowest BCUT2D eigenvalue weighted by Crippen LogP contribution is -2.24. The third-order valence-electron chi connectivity index (χ3n) is 5.67. The van der Waals surface area contributed by atoms with E-state index in [-0.39, 0.29) is 18.8 Å². The zero-order valence-electron chi connectivity index (χ0n) is 17.0. The van der Waals surface area contributed by atoms with Crippen LogP contribution in [0.1, 0.15) is 42.6 Å². The molecule has 0 saturated carbocycles. The average molecular weight is 396 g/mol. The number of hydrogen-bond acceptors (Lipinski definition) is 6. The molecule has 29 heavy (non-hydrogen) atoms. The number of rotatable bonds is 4. The fourth-order valence-corrected chi connectivity index (χ4v) is 4.28. The minimum Gasteiger partial charge on any atom is -0.492 e. The van der Waals surface area contributed by atoms with Gasteiger partial charge in [-0.05, 0) is 32.4 Å². The van der Waals surface area contributed by atoms with Crippen LogP contribution < -0.4 is 28.4 Å². The van der Waals surface area contributed by atoms with Crippen LogP contribution in [0.5, 0.6) is 34.5 Å². The summed E-state index contributed by atoms with van der Waals surface area (Å²) in [6.45, 7) is 4.91. The van der Waals surface area contributed by atoms with Crippen LogP contribution in [-0.4, -0.2) is 27.6 Å². The molecule has 0 aromatic heterocycles. The van der Waals surface area contributed by atoms with Gasteiger partial charge in [0.15, 0.2) is 23.0 Å². The van der Waals surface area contributed by atoms with E-state index >= 15 is 0 Å². The van der Waals surface area contributed by atoms with Gasteiger partial charge in [-0.1, -0.05) is 11.6 Å². The molecule has 152 valence electrons. The molecule has 6 nitrogen and oxygen atoms in total. The molecular weight excluding hydrogens is 372 g/mol. The molecule has 2 aromatic rings. The lowest BCUT2D eigenvalue weighted by Gasteiger charge is -2.30. The molecule has 0 fully saturated rings. The number of methoxy groups -OCH3 is 2. The number of fused-ring (bicyclic) bond motifs is 6. The van der Waals surface area contributed by atoms with Gasteiger partial charge < -0.3 is 28.4 Å². The zero-order chi connectivity index (χ0) is 20.1. The molecule has 3 aliphatic heterocycles. The SMILES string of the molecule is COc1c(CC=C(C)C)cc2c(c1OC)OC[C@H]1c3cc4c(cc3O[C@@H]21)OCO4. The maximum atomic E-state index is 6.39. The first-order valence-corrected chi connectivity index (χ1v) is 9.74. The van der Waals surface area contributed by atoms with Gasteiger partial charge in [0, 0.05) is 22.8 Å². The van der Waals surface area contributed by atoms with E-state index in [1.807, 2.05) is 12.1 Å². The molecule has 0 unspecified atom stereocenters. The van der Waals surface area contributed by atoms with E-state index in [0.717, 1.165) is 40.4 Å². The average Bonchev–Trinajstić information content (AvgIpc) is 3.32. The van der Waals surface area contributed by atoms with Crippen LogP contribution in [0.2, 0.25) is 0 Å². The van der Waals surface area contributed by atoms with E-state index in [9.17, 15) is 0 Å². The Hall–Kier alpha value is -3.02. The minimum atomic E-state index is -0.151. The fourth-order valence-electron chi connectivity index (χ4n) is 4.28. The highest BCUT2D eigenvalue weighted by Crippen LogP contribution is 2.57. The van der Waals surface area contributed by atoms with Gasteiger partial charge in [0.1, 0.15) is 11.9 Å². The fraction of sp³-hybridized carbons (Fsp3) is 0.391. The van der Waals surface area contributed by atoms with Gasteiger partial charge in [0.05, 0.1) is 26.7 Å². The molecule has 0 radical (unpaired) electrons. The minimum absolute atomic E-state index is 0.0846. The Morgan fingerprint density at radius 3 is 2.45 bits per heavy atom. The van der Waals surface area contributed by atoms with Crippen molar-refractivity contribution in [2.24, 2.45) is 0 Å². The van der Waals surface area contributed by atoms with E-state index < -0.39 is 0 Å². The molecular formula is C23H24O6. The molecule has 2 atom stereocenters. The second-order valence-corrected chi connectivity index (χ2v) is 7.71. The van der Waals surface area contributed by atoms with Gasteiger partial charge in [0.25, 0.3) is 0 Å². The Morgan fingerprint density at radius 2 is 1.72 bits per heavy atom. The smallest absolute Gasteiger partial charge is 0.231 e. The number of hydrogen-bond donors (Lipinski definition) is 0. The van der Waals surface area contributed by atoms with Crippen LogP contribution in [0.25, 0.3) is 0 Å². The summed E-state index contributed by atoms with van der Waals surface area (Å²) in [7, 11) is 3.30. The second-order valence-electron chi connectivity index (χ2n) is 7.71. The molecule has 0 saturated heterocycles. The van der Waals surface area contributed by atoms with Crippen molar-refractivity contribution in [2.45, 2.75) is 32.3 Å². The van der Waals surface area contributed by atoms with Crippen LogP contribution in [0.4, 0.5) is 0 Å². The first-order chi connectivity index (χ1) is 14.1. The van der Waals surface area contributed by atoms with Gasteiger partial charge in [-0.25, -0.2) is 0 Å². The van der Waals surface area contributed by atoms with Gasteiger partial charge in [-0.3, -0.25) is 0 Å². The van der Waals surface area contributed by atoms with Crippen molar-refractivity contribution >= 4 is 0 Å². The van der Waals surface area contributed by atoms with Gasteiger partial charge >= 0.3 is 0 Å². The quantitative estimate of drug-likeness (QED) is 0.707. The predicted molar refractivity (Wildman–Crippen MR) is 107 cm³/mol. The molecule has 6 heteroatoms. The summed E-state index contributed by atoms with van der Waals surface area (Å²) >= 11 is 0. The highest BCUT2D eigenvalue weighted by atomic mass is 16.7. The zero-order valence-corrected chi connectivity index (χ0v) is 17.0. The molecule has 3 heterocycles. The van der Waals surface area contributed by atoms with Crippen LogP contribution in [-0.2, 0) is 6.42 Å². The molecule has 0 amide bonds. The highest BCUT2D eigenvalue weighted by molar-refractivity contribution is 5.64. The third-order valence-corrected chi connectivity index (χ3v) is 5.67. The van der Waals surface area contributed by atoms with E-state index in [1.54, 1.807) is 14.2 Å². The molecule has 2 aromatic carbocycles. The number of benzene rings is 2. The van der Waals surface area contributed by atoms with E-state index in [2.05, 4.69) is 26.0 Å². The normalized spacial score (nSPS) is 20.0. The van der Waals surface area contributed by atoms with Crippen LogP contribution in [0.15, 0.2) is 29.8 Å². The summed E-state index contributed by atoms with van der Waals surface area (Å²) < 4.78 is 35.0. The summed E-state index contributed by atoms with van der Waals surface area (Å²) in [5.41, 5.74) is 4.36. The van der Waals surface area contributed by atoms with Crippen molar-refractivity contribution in [3.8, 4) is 34.5 Å². The van der Waals surface area contributed by atoms with E-state index in [1.165, 1.54) is 5.57 Å². The van der Waals surface area contributed by atoms with Crippen molar-refractivity contribution in [1.29, 1.82) is 0 Å². The van der Waals surface area contributed by atoms with E-state index in [0.29, 0.717) is 23.9 Å². The molecule has 0 aliphatic carbocycles. The third kappa shape index (κ3) is 2.77. The molecule has 5 rings (SSSR count). The maximum Gasteiger partial charge on any atom is 0.231 e. The van der Waals surface area contributed by atoms with Crippen LogP contribution >= 0.6 is 0 Å². The van der Waals surface area contributed by atoms with Gasteiger partial charge in [-0.15, -0.1) is 0 Å². The molecule has 0 bridgehead atoms. The summed E-state index contributed by atoms with van der Waals surface area (Å²) in [4.78, 5) is 0. The molecule has 3 aliphatic rings. The van der Waals surface area contributed by atoms with Crippen molar-refractivity contribution in [3.05, 3.63) is 46.5 Å². The van der Waals surface area contributed by atoms with Crippen molar-refractivity contribution in [2.75, 3.05) is 27.6 Å². The Morgan fingerprint density at radius 1 is 0.966 bits per heavy atom.